The molecule has 0 aromatic carbocycles. The molecule has 0 atom stereocenters. The van der Waals surface area contributed by atoms with Crippen molar-refractivity contribution in [3.63, 3.8) is 0 Å². The van der Waals surface area contributed by atoms with Crippen LogP contribution in [0.1, 0.15) is 29.9 Å². The number of hydrogen-bond donors (Lipinski definition) is 1. The third-order valence-corrected chi connectivity index (χ3v) is 4.82. The second-order valence-electron chi connectivity index (χ2n) is 4.45. The molecule has 1 aromatic rings. The molecule has 0 saturated heterocycles. The number of nitrogens with two attached hydrogens (primary N) is 1. The molecule has 0 radical (unpaired) electrons. The fraction of sp³-hybridized carbons (Fsp3) is 0.500. The highest BCUT2D eigenvalue weighted by atomic mass is 32.2. The Morgan fingerprint density at radius 3 is 2.68 bits per heavy atom. The van der Waals surface area contributed by atoms with Crippen LogP contribution in [0.25, 0.3) is 0 Å². The van der Waals surface area contributed by atoms with Crippen LogP contribution >= 0.6 is 0 Å². The fourth-order valence-corrected chi connectivity index (χ4v) is 2.11. The molecule has 0 aliphatic carbocycles. The zero-order chi connectivity index (χ0) is 14.6. The number of rotatable bonds is 5. The molecule has 1 rings (SSSR count). The Kier molecular flexibility index (Phi) is 4.88. The molecule has 19 heavy (non-hydrogen) atoms. The van der Waals surface area contributed by atoms with E-state index in [-0.39, 0.29) is 17.9 Å². The van der Waals surface area contributed by atoms with Crippen molar-refractivity contribution in [1.29, 1.82) is 0 Å². The van der Waals surface area contributed by atoms with Gasteiger partial charge in [-0.15, -0.1) is 0 Å². The number of pyridine rings is 1. The van der Waals surface area contributed by atoms with Crippen molar-refractivity contribution < 1.29 is 17.9 Å². The zero-order valence-electron chi connectivity index (χ0n) is 11.2. The lowest BCUT2D eigenvalue weighted by Gasteiger charge is -2.09. The highest BCUT2D eigenvalue weighted by molar-refractivity contribution is 7.91. The zero-order valence-corrected chi connectivity index (χ0v) is 12.0. The number of nitrogens with zero attached hydrogens (tertiary/aromatic N) is 1. The lowest BCUT2D eigenvalue weighted by atomic mass is 10.2. The second kappa shape index (κ2) is 6.01. The Hall–Kier alpha value is -1.63. The molecule has 0 fully saturated rings. The van der Waals surface area contributed by atoms with Crippen LogP contribution in [0.3, 0.4) is 0 Å². The van der Waals surface area contributed by atoms with Crippen LogP contribution in [-0.2, 0) is 14.6 Å². The summed E-state index contributed by atoms with van der Waals surface area (Å²) in [6, 6.07) is 1.46. The van der Waals surface area contributed by atoms with Gasteiger partial charge in [0.15, 0.2) is 9.84 Å². The van der Waals surface area contributed by atoms with Crippen LogP contribution in [0.4, 0.5) is 5.69 Å². The van der Waals surface area contributed by atoms with Gasteiger partial charge < -0.3 is 10.5 Å². The molecule has 0 aliphatic rings. The first-order valence-electron chi connectivity index (χ1n) is 5.85. The molecule has 0 unspecified atom stereocenters. The van der Waals surface area contributed by atoms with E-state index in [1.165, 1.54) is 12.3 Å². The molecule has 106 valence electrons. The van der Waals surface area contributed by atoms with Gasteiger partial charge in [-0.05, 0) is 26.8 Å². The van der Waals surface area contributed by atoms with Crippen molar-refractivity contribution in [2.24, 2.45) is 0 Å². The summed E-state index contributed by atoms with van der Waals surface area (Å²) in [6.07, 6.45) is 1.44. The highest BCUT2D eigenvalue weighted by Gasteiger charge is 2.18. The minimum Gasteiger partial charge on any atom is -0.461 e. The number of carbonyl (C=O) groups is 1. The fourth-order valence-electron chi connectivity index (χ4n) is 1.32. The van der Waals surface area contributed by atoms with Crippen molar-refractivity contribution in [3.8, 4) is 0 Å². The van der Waals surface area contributed by atoms with Crippen LogP contribution in [0, 0.1) is 6.92 Å². The van der Waals surface area contributed by atoms with E-state index in [2.05, 4.69) is 4.98 Å². The average Bonchev–Trinajstić information content (AvgIpc) is 2.31. The summed E-state index contributed by atoms with van der Waals surface area (Å²) in [5, 5.41) is -0.484. The standard InChI is InChI=1S/C12H18N2O4S/c1-8(2)19(16,17)5-4-18-12(15)11-6-10(13)7-14-9(11)3/h6-8H,4-5,13H2,1-3H3. The number of sulfone groups is 1. The monoisotopic (exact) mass is 286 g/mol. The normalized spacial score (nSPS) is 11.6. The van der Waals surface area contributed by atoms with Crippen molar-refractivity contribution in [2.45, 2.75) is 26.0 Å². The molecule has 7 heteroatoms. The molecule has 0 spiro atoms. The maximum Gasteiger partial charge on any atom is 0.340 e. The van der Waals surface area contributed by atoms with Crippen molar-refractivity contribution in [3.05, 3.63) is 23.5 Å². The van der Waals surface area contributed by atoms with Gasteiger partial charge in [0.05, 0.1) is 34.1 Å². The number of nitrogen functional groups attached to an aromatic ring is 1. The number of esters is 1. The van der Waals surface area contributed by atoms with E-state index in [1.54, 1.807) is 20.8 Å². The maximum atomic E-state index is 11.8. The Morgan fingerprint density at radius 1 is 1.47 bits per heavy atom. The third-order valence-electron chi connectivity index (χ3n) is 2.65. The van der Waals surface area contributed by atoms with Gasteiger partial charge in [-0.25, -0.2) is 13.2 Å². The Labute approximate surface area is 112 Å². The maximum absolute atomic E-state index is 11.8. The average molecular weight is 286 g/mol. The molecule has 0 aliphatic heterocycles. The summed E-state index contributed by atoms with van der Waals surface area (Å²) in [7, 11) is -3.21. The van der Waals surface area contributed by atoms with Gasteiger partial charge in [-0.2, -0.15) is 0 Å². The number of hydrogen-bond acceptors (Lipinski definition) is 6. The number of anilines is 1. The van der Waals surface area contributed by atoms with E-state index in [0.29, 0.717) is 11.4 Å². The summed E-state index contributed by atoms with van der Waals surface area (Å²) in [5.74, 6) is -0.804. The Bertz CT molecular complexity index is 567. The highest BCUT2D eigenvalue weighted by Crippen LogP contribution is 2.11. The minimum absolute atomic E-state index is 0.173. The molecule has 0 saturated carbocycles. The summed E-state index contributed by atoms with van der Waals surface area (Å²) in [4.78, 5) is 15.7. The summed E-state index contributed by atoms with van der Waals surface area (Å²) in [6.45, 7) is 4.65. The smallest absolute Gasteiger partial charge is 0.340 e. The third kappa shape index (κ3) is 4.20. The minimum atomic E-state index is -3.21. The van der Waals surface area contributed by atoms with E-state index in [1.807, 2.05) is 0 Å². The lowest BCUT2D eigenvalue weighted by Crippen LogP contribution is -2.22. The molecular formula is C12H18N2O4S. The second-order valence-corrected chi connectivity index (χ2v) is 7.13. The first-order valence-corrected chi connectivity index (χ1v) is 7.56. The summed E-state index contributed by atoms with van der Waals surface area (Å²) >= 11 is 0. The quantitative estimate of drug-likeness (QED) is 0.809. The Morgan fingerprint density at radius 2 is 2.11 bits per heavy atom. The van der Waals surface area contributed by atoms with Crippen LogP contribution in [0.15, 0.2) is 12.3 Å². The molecule has 0 amide bonds. The number of aromatic nitrogens is 1. The first kappa shape index (κ1) is 15.4. The lowest BCUT2D eigenvalue weighted by molar-refractivity contribution is 0.0527. The molecule has 1 aromatic heterocycles. The predicted molar refractivity (Wildman–Crippen MR) is 72.6 cm³/mol. The molecular weight excluding hydrogens is 268 g/mol. The van der Waals surface area contributed by atoms with E-state index in [4.69, 9.17) is 10.5 Å². The SMILES string of the molecule is Cc1ncc(N)cc1C(=O)OCCS(=O)(=O)C(C)C. The molecule has 1 heterocycles. The largest absolute Gasteiger partial charge is 0.461 e. The molecule has 6 nitrogen and oxygen atoms in total. The molecule has 2 N–H and O–H groups in total. The Balaban J connectivity index is 2.64. The van der Waals surface area contributed by atoms with Gasteiger partial charge in [0.25, 0.3) is 0 Å². The van der Waals surface area contributed by atoms with Gasteiger partial charge in [0.2, 0.25) is 0 Å². The van der Waals surface area contributed by atoms with Gasteiger partial charge in [-0.1, -0.05) is 0 Å². The van der Waals surface area contributed by atoms with Crippen LogP contribution < -0.4 is 5.73 Å². The molecule has 0 bridgehead atoms. The van der Waals surface area contributed by atoms with Crippen molar-refractivity contribution in [1.82, 2.24) is 4.98 Å². The van der Waals surface area contributed by atoms with E-state index < -0.39 is 21.1 Å². The number of aryl methyl sites for hydroxylation is 1. The van der Waals surface area contributed by atoms with E-state index in [9.17, 15) is 13.2 Å². The van der Waals surface area contributed by atoms with E-state index >= 15 is 0 Å². The van der Waals surface area contributed by atoms with Crippen LogP contribution in [0.2, 0.25) is 0 Å². The van der Waals surface area contributed by atoms with Crippen LogP contribution in [0.5, 0.6) is 0 Å². The first-order chi connectivity index (χ1) is 8.74. The van der Waals surface area contributed by atoms with Gasteiger partial charge in [0, 0.05) is 0 Å². The van der Waals surface area contributed by atoms with Gasteiger partial charge in [0.1, 0.15) is 6.61 Å². The van der Waals surface area contributed by atoms with Crippen LogP contribution in [-0.4, -0.2) is 37.0 Å². The number of ether oxygens (including phenoxy) is 1. The number of carbonyl (C=O) groups excluding carboxylic acids is 1. The van der Waals surface area contributed by atoms with Gasteiger partial charge in [-0.3, -0.25) is 4.98 Å². The van der Waals surface area contributed by atoms with Gasteiger partial charge >= 0.3 is 5.97 Å². The van der Waals surface area contributed by atoms with Crippen molar-refractivity contribution in [2.75, 3.05) is 18.1 Å². The summed E-state index contributed by atoms with van der Waals surface area (Å²) < 4.78 is 28.0. The summed E-state index contributed by atoms with van der Waals surface area (Å²) in [5.41, 5.74) is 6.63. The van der Waals surface area contributed by atoms with E-state index in [0.717, 1.165) is 0 Å². The predicted octanol–water partition coefficient (Wildman–Crippen LogP) is 0.952. The topological polar surface area (TPSA) is 99.3 Å². The van der Waals surface area contributed by atoms with Crippen molar-refractivity contribution >= 4 is 21.5 Å².